The summed E-state index contributed by atoms with van der Waals surface area (Å²) >= 11 is 3.43. The normalized spacial score (nSPS) is 15.8. The lowest BCUT2D eigenvalue weighted by Gasteiger charge is -2.15. The minimum absolute atomic E-state index is 0.0204. The van der Waals surface area contributed by atoms with Crippen LogP contribution in [0.2, 0.25) is 0 Å². The molecule has 1 aromatic rings. The summed E-state index contributed by atoms with van der Waals surface area (Å²) < 4.78 is 6.43. The molecule has 1 aliphatic rings. The number of carbonyl (C=O) groups excluding carboxylic acids is 1. The largest absolute Gasteiger partial charge is 0.491 e. The molecule has 1 amide bonds. The molecule has 3 nitrogen and oxygen atoms in total. The Morgan fingerprint density at radius 2 is 2.05 bits per heavy atom. The topological polar surface area (TPSA) is 38.3 Å². The van der Waals surface area contributed by atoms with Crippen LogP contribution in [-0.4, -0.2) is 18.1 Å². The van der Waals surface area contributed by atoms with Crippen molar-refractivity contribution in [3.63, 3.8) is 0 Å². The Morgan fingerprint density at radius 3 is 2.68 bits per heavy atom. The van der Waals surface area contributed by atoms with Gasteiger partial charge in [0.2, 0.25) is 0 Å². The molecular formula is C15H20BrNO2. The number of ether oxygens (including phenoxy) is 1. The zero-order chi connectivity index (χ0) is 13.8. The summed E-state index contributed by atoms with van der Waals surface area (Å²) in [6.45, 7) is 3.95. The molecule has 1 fully saturated rings. The fourth-order valence-corrected chi connectivity index (χ4v) is 2.78. The summed E-state index contributed by atoms with van der Waals surface area (Å²) in [5.41, 5.74) is 0.644. The Labute approximate surface area is 122 Å². The van der Waals surface area contributed by atoms with Crippen LogP contribution in [0.1, 0.15) is 49.9 Å². The van der Waals surface area contributed by atoms with E-state index in [4.69, 9.17) is 4.74 Å². The van der Waals surface area contributed by atoms with Crippen LogP contribution in [0.3, 0.4) is 0 Å². The highest BCUT2D eigenvalue weighted by molar-refractivity contribution is 9.10. The molecule has 2 rings (SSSR count). The third-order valence-electron chi connectivity index (χ3n) is 3.24. The van der Waals surface area contributed by atoms with E-state index < -0.39 is 0 Å². The van der Waals surface area contributed by atoms with Gasteiger partial charge in [-0.2, -0.15) is 0 Å². The molecule has 1 aromatic carbocycles. The molecule has 0 heterocycles. The van der Waals surface area contributed by atoms with Gasteiger partial charge in [-0.3, -0.25) is 4.79 Å². The molecule has 104 valence electrons. The van der Waals surface area contributed by atoms with Gasteiger partial charge in [0, 0.05) is 10.5 Å². The van der Waals surface area contributed by atoms with Crippen LogP contribution in [0.4, 0.5) is 0 Å². The van der Waals surface area contributed by atoms with Gasteiger partial charge in [0.1, 0.15) is 5.75 Å². The highest BCUT2D eigenvalue weighted by Crippen LogP contribution is 2.24. The summed E-state index contributed by atoms with van der Waals surface area (Å²) in [6, 6.07) is 5.86. The second kappa shape index (κ2) is 6.42. The van der Waals surface area contributed by atoms with Gasteiger partial charge in [-0.05, 0) is 60.8 Å². The molecule has 1 aliphatic carbocycles. The maximum Gasteiger partial charge on any atom is 0.252 e. The van der Waals surface area contributed by atoms with Crippen LogP contribution in [-0.2, 0) is 0 Å². The van der Waals surface area contributed by atoms with E-state index in [9.17, 15) is 4.79 Å². The molecule has 1 saturated carbocycles. The van der Waals surface area contributed by atoms with Crippen molar-refractivity contribution in [3.8, 4) is 5.75 Å². The molecule has 0 saturated heterocycles. The van der Waals surface area contributed by atoms with Gasteiger partial charge < -0.3 is 10.1 Å². The van der Waals surface area contributed by atoms with E-state index in [-0.39, 0.29) is 12.0 Å². The summed E-state index contributed by atoms with van der Waals surface area (Å²) in [7, 11) is 0. The zero-order valence-electron chi connectivity index (χ0n) is 11.4. The summed E-state index contributed by atoms with van der Waals surface area (Å²) in [4.78, 5) is 12.3. The lowest BCUT2D eigenvalue weighted by Crippen LogP contribution is -2.32. The highest BCUT2D eigenvalue weighted by atomic mass is 79.9. The maximum absolute atomic E-state index is 12.3. The van der Waals surface area contributed by atoms with Crippen LogP contribution in [0.5, 0.6) is 5.75 Å². The van der Waals surface area contributed by atoms with Crippen LogP contribution >= 0.6 is 15.9 Å². The van der Waals surface area contributed by atoms with Gasteiger partial charge in [0.25, 0.3) is 5.91 Å². The maximum atomic E-state index is 12.3. The van der Waals surface area contributed by atoms with E-state index in [1.54, 1.807) is 6.07 Å². The van der Waals surface area contributed by atoms with Crippen molar-refractivity contribution in [3.05, 3.63) is 28.2 Å². The predicted octanol–water partition coefficient (Wildman–Crippen LogP) is 3.91. The molecule has 0 aromatic heterocycles. The Balaban J connectivity index is 2.10. The number of benzene rings is 1. The van der Waals surface area contributed by atoms with Crippen molar-refractivity contribution in [2.45, 2.75) is 51.7 Å². The van der Waals surface area contributed by atoms with Crippen LogP contribution in [0, 0.1) is 0 Å². The van der Waals surface area contributed by atoms with Crippen molar-refractivity contribution in [1.82, 2.24) is 5.32 Å². The lowest BCUT2D eigenvalue weighted by atomic mass is 10.1. The molecule has 19 heavy (non-hydrogen) atoms. The number of hydrogen-bond acceptors (Lipinski definition) is 2. The summed E-state index contributed by atoms with van der Waals surface area (Å²) in [6.07, 6.45) is 4.70. The summed E-state index contributed by atoms with van der Waals surface area (Å²) in [5.74, 6) is 0.711. The van der Waals surface area contributed by atoms with E-state index in [0.717, 1.165) is 23.1 Å². The Bertz CT molecular complexity index is 453. The molecule has 4 heteroatoms. The first-order valence-electron chi connectivity index (χ1n) is 6.83. The third-order valence-corrected chi connectivity index (χ3v) is 3.94. The molecule has 0 atom stereocenters. The number of amides is 1. The minimum atomic E-state index is -0.0204. The molecular weight excluding hydrogens is 306 g/mol. The second-order valence-corrected chi connectivity index (χ2v) is 6.12. The Morgan fingerprint density at radius 1 is 1.37 bits per heavy atom. The van der Waals surface area contributed by atoms with E-state index in [1.165, 1.54) is 12.8 Å². The van der Waals surface area contributed by atoms with Crippen LogP contribution in [0.15, 0.2) is 22.7 Å². The molecule has 0 aliphatic heterocycles. The minimum Gasteiger partial charge on any atom is -0.491 e. The van der Waals surface area contributed by atoms with E-state index >= 15 is 0 Å². The summed E-state index contributed by atoms with van der Waals surface area (Å²) in [5, 5.41) is 3.09. The smallest absolute Gasteiger partial charge is 0.252 e. The first-order chi connectivity index (χ1) is 9.06. The second-order valence-electron chi connectivity index (χ2n) is 5.26. The van der Waals surface area contributed by atoms with Crippen molar-refractivity contribution in [2.24, 2.45) is 0 Å². The molecule has 1 N–H and O–H groups in total. The number of halogens is 1. The van der Waals surface area contributed by atoms with Gasteiger partial charge in [-0.1, -0.05) is 12.8 Å². The van der Waals surface area contributed by atoms with Crippen molar-refractivity contribution in [2.75, 3.05) is 0 Å². The fourth-order valence-electron chi connectivity index (χ4n) is 2.36. The first kappa shape index (κ1) is 14.4. The number of nitrogens with one attached hydrogen (secondary N) is 1. The number of hydrogen-bond donors (Lipinski definition) is 1. The SMILES string of the molecule is CC(C)Oc1ccc(Br)c(C(=O)NC2CCCC2)c1. The molecule has 0 spiro atoms. The fraction of sp³-hybridized carbons (Fsp3) is 0.533. The number of rotatable bonds is 4. The quantitative estimate of drug-likeness (QED) is 0.911. The van der Waals surface area contributed by atoms with Crippen LogP contribution in [0.25, 0.3) is 0 Å². The van der Waals surface area contributed by atoms with Gasteiger partial charge in [-0.25, -0.2) is 0 Å². The zero-order valence-corrected chi connectivity index (χ0v) is 13.0. The van der Waals surface area contributed by atoms with Crippen LogP contribution < -0.4 is 10.1 Å². The standard InChI is InChI=1S/C15H20BrNO2/c1-10(2)19-12-7-8-14(16)13(9-12)15(18)17-11-5-3-4-6-11/h7-11H,3-6H2,1-2H3,(H,17,18). The lowest BCUT2D eigenvalue weighted by molar-refractivity contribution is 0.0936. The third kappa shape index (κ3) is 3.96. The van der Waals surface area contributed by atoms with Gasteiger partial charge in [0.05, 0.1) is 11.7 Å². The van der Waals surface area contributed by atoms with E-state index in [1.807, 2.05) is 26.0 Å². The van der Waals surface area contributed by atoms with Crippen molar-refractivity contribution < 1.29 is 9.53 Å². The van der Waals surface area contributed by atoms with Gasteiger partial charge >= 0.3 is 0 Å². The van der Waals surface area contributed by atoms with E-state index in [0.29, 0.717) is 11.6 Å². The number of carbonyl (C=O) groups is 1. The van der Waals surface area contributed by atoms with Gasteiger partial charge in [-0.15, -0.1) is 0 Å². The molecule has 0 unspecified atom stereocenters. The predicted molar refractivity (Wildman–Crippen MR) is 79.6 cm³/mol. The Kier molecular flexibility index (Phi) is 4.86. The molecule has 0 bridgehead atoms. The van der Waals surface area contributed by atoms with Crippen molar-refractivity contribution >= 4 is 21.8 Å². The van der Waals surface area contributed by atoms with Crippen molar-refractivity contribution in [1.29, 1.82) is 0 Å². The highest BCUT2D eigenvalue weighted by Gasteiger charge is 2.19. The average Bonchev–Trinajstić information content (AvgIpc) is 2.83. The van der Waals surface area contributed by atoms with Gasteiger partial charge in [0.15, 0.2) is 0 Å². The Hall–Kier alpha value is -1.03. The van der Waals surface area contributed by atoms with E-state index in [2.05, 4.69) is 21.2 Å². The molecule has 0 radical (unpaired) electrons. The first-order valence-corrected chi connectivity index (χ1v) is 7.62. The average molecular weight is 326 g/mol. The monoisotopic (exact) mass is 325 g/mol.